The van der Waals surface area contributed by atoms with Crippen molar-refractivity contribution in [2.45, 2.75) is 343 Å². The van der Waals surface area contributed by atoms with E-state index in [1.54, 1.807) is 0 Å². The van der Waals surface area contributed by atoms with Gasteiger partial charge >= 0.3 is 17.9 Å². The van der Waals surface area contributed by atoms with Gasteiger partial charge in [-0.15, -0.1) is 0 Å². The van der Waals surface area contributed by atoms with Crippen LogP contribution in [0.4, 0.5) is 0 Å². The number of ether oxygens (including phenoxy) is 3. The van der Waals surface area contributed by atoms with Crippen LogP contribution in [0.15, 0.2) is 0 Å². The topological polar surface area (TPSA) is 78.9 Å². The summed E-state index contributed by atoms with van der Waals surface area (Å²) in [6, 6.07) is 0. The molecule has 0 aromatic rings. The predicted molar refractivity (Wildman–Crippen MR) is 284 cm³/mol. The number of esters is 3. The van der Waals surface area contributed by atoms with E-state index in [1.807, 2.05) is 0 Å². The summed E-state index contributed by atoms with van der Waals surface area (Å²) in [6.07, 6.45) is 56.6. The lowest BCUT2D eigenvalue weighted by molar-refractivity contribution is -0.167. The molecule has 1 unspecified atom stereocenters. The summed E-state index contributed by atoms with van der Waals surface area (Å²) in [6.45, 7) is 11.4. The predicted octanol–water partition coefficient (Wildman–Crippen LogP) is 19.7. The molecule has 6 heteroatoms. The largest absolute Gasteiger partial charge is 0.462 e. The molecule has 0 heterocycles. The van der Waals surface area contributed by atoms with Crippen LogP contribution in [0.2, 0.25) is 0 Å². The van der Waals surface area contributed by atoms with Gasteiger partial charge in [0, 0.05) is 19.3 Å². The zero-order valence-corrected chi connectivity index (χ0v) is 45.3. The van der Waals surface area contributed by atoms with Crippen LogP contribution in [0.1, 0.15) is 336 Å². The van der Waals surface area contributed by atoms with E-state index < -0.39 is 6.10 Å². The Morgan fingerprint density at radius 2 is 0.576 bits per heavy atom. The third-order valence-electron chi connectivity index (χ3n) is 14.1. The number of hydrogen-bond acceptors (Lipinski definition) is 6. The highest BCUT2D eigenvalue weighted by Gasteiger charge is 2.19. The molecule has 0 bridgehead atoms. The third kappa shape index (κ3) is 51.8. The van der Waals surface area contributed by atoms with Crippen molar-refractivity contribution in [3.63, 3.8) is 0 Å². The van der Waals surface area contributed by atoms with Gasteiger partial charge in [0.1, 0.15) is 13.2 Å². The van der Waals surface area contributed by atoms with Crippen LogP contribution >= 0.6 is 0 Å². The fourth-order valence-electron chi connectivity index (χ4n) is 9.20. The molecule has 0 fully saturated rings. The zero-order valence-electron chi connectivity index (χ0n) is 45.3. The van der Waals surface area contributed by atoms with E-state index in [0.29, 0.717) is 19.3 Å². The number of hydrogen-bond donors (Lipinski definition) is 0. The molecule has 0 aliphatic rings. The smallest absolute Gasteiger partial charge is 0.306 e. The second-order valence-corrected chi connectivity index (χ2v) is 21.4. The molecule has 0 aliphatic carbocycles. The van der Waals surface area contributed by atoms with Crippen LogP contribution in [0, 0.1) is 11.8 Å². The molecule has 0 aromatic heterocycles. The van der Waals surface area contributed by atoms with Gasteiger partial charge in [-0.25, -0.2) is 0 Å². The normalized spacial score (nSPS) is 12.5. The Bertz CT molecular complexity index is 1010. The standard InChI is InChI=1S/C60H116O6/c1-6-8-9-10-11-12-13-14-15-16-17-22-25-32-37-42-47-52-60(63)66-57(54-65-59(62)51-46-41-36-31-27-26-29-34-39-44-49-56(5)7-2)53-64-58(61)50-45-40-35-30-24-21-19-18-20-23-28-33-38-43-48-55(3)4/h55-57H,6-54H2,1-5H3/t56?,57-/m0/s1. The van der Waals surface area contributed by atoms with Gasteiger partial charge in [0.2, 0.25) is 0 Å². The fourth-order valence-corrected chi connectivity index (χ4v) is 9.20. The fraction of sp³-hybridized carbons (Fsp3) is 0.950. The summed E-state index contributed by atoms with van der Waals surface area (Å²) in [5.74, 6) is 0.877. The molecule has 392 valence electrons. The van der Waals surface area contributed by atoms with Gasteiger partial charge in [0.15, 0.2) is 6.10 Å². The van der Waals surface area contributed by atoms with Gasteiger partial charge < -0.3 is 14.2 Å². The van der Waals surface area contributed by atoms with Gasteiger partial charge in [-0.1, -0.05) is 298 Å². The van der Waals surface area contributed by atoms with Gasteiger partial charge in [-0.2, -0.15) is 0 Å². The number of carbonyl (C=O) groups excluding carboxylic acids is 3. The van der Waals surface area contributed by atoms with E-state index in [0.717, 1.165) is 69.6 Å². The van der Waals surface area contributed by atoms with Crippen molar-refractivity contribution in [1.82, 2.24) is 0 Å². The number of carbonyl (C=O) groups is 3. The van der Waals surface area contributed by atoms with Gasteiger partial charge in [-0.05, 0) is 31.1 Å². The lowest BCUT2D eigenvalue weighted by atomic mass is 9.99. The Labute approximate surface area is 412 Å². The first kappa shape index (κ1) is 64.4. The van der Waals surface area contributed by atoms with Crippen molar-refractivity contribution < 1.29 is 28.6 Å². The van der Waals surface area contributed by atoms with Crippen molar-refractivity contribution in [2.24, 2.45) is 11.8 Å². The number of rotatable bonds is 54. The lowest BCUT2D eigenvalue weighted by Crippen LogP contribution is -2.30. The minimum absolute atomic E-state index is 0.0626. The molecule has 66 heavy (non-hydrogen) atoms. The van der Waals surface area contributed by atoms with Crippen LogP contribution in [0.5, 0.6) is 0 Å². The summed E-state index contributed by atoms with van der Waals surface area (Å²) in [7, 11) is 0. The third-order valence-corrected chi connectivity index (χ3v) is 14.1. The summed E-state index contributed by atoms with van der Waals surface area (Å²) in [5.41, 5.74) is 0. The van der Waals surface area contributed by atoms with E-state index in [9.17, 15) is 14.4 Å². The molecule has 0 rings (SSSR count). The first-order valence-corrected chi connectivity index (χ1v) is 29.8. The lowest BCUT2D eigenvalue weighted by Gasteiger charge is -2.18. The summed E-state index contributed by atoms with van der Waals surface area (Å²) in [4.78, 5) is 38.2. The Kier molecular flexibility index (Phi) is 51.5. The molecule has 6 nitrogen and oxygen atoms in total. The highest BCUT2D eigenvalue weighted by Crippen LogP contribution is 2.19. The SMILES string of the molecule is CCCCCCCCCCCCCCCCCCCC(=O)O[C@@H](COC(=O)CCCCCCCCCCCCCCCCC(C)C)COC(=O)CCCCCCCCCCCCC(C)CC. The Balaban J connectivity index is 4.30. The van der Waals surface area contributed by atoms with Crippen molar-refractivity contribution >= 4 is 17.9 Å². The van der Waals surface area contributed by atoms with Crippen LogP contribution in [-0.4, -0.2) is 37.2 Å². The molecule has 0 radical (unpaired) electrons. The zero-order chi connectivity index (χ0) is 48.2. The van der Waals surface area contributed by atoms with Gasteiger partial charge in [0.25, 0.3) is 0 Å². The molecule has 0 saturated carbocycles. The second-order valence-electron chi connectivity index (χ2n) is 21.4. The van der Waals surface area contributed by atoms with Crippen LogP contribution in [0.3, 0.4) is 0 Å². The van der Waals surface area contributed by atoms with E-state index >= 15 is 0 Å². The maximum absolute atomic E-state index is 12.9. The Morgan fingerprint density at radius 1 is 0.318 bits per heavy atom. The van der Waals surface area contributed by atoms with Crippen molar-refractivity contribution in [3.8, 4) is 0 Å². The first-order valence-electron chi connectivity index (χ1n) is 29.8. The maximum atomic E-state index is 12.9. The monoisotopic (exact) mass is 933 g/mol. The second kappa shape index (κ2) is 52.8. The highest BCUT2D eigenvalue weighted by atomic mass is 16.6. The molecular formula is C60H116O6. The molecule has 0 spiro atoms. The molecule has 2 atom stereocenters. The van der Waals surface area contributed by atoms with E-state index in [4.69, 9.17) is 14.2 Å². The van der Waals surface area contributed by atoms with E-state index in [-0.39, 0.29) is 31.1 Å². The van der Waals surface area contributed by atoms with Crippen molar-refractivity contribution in [2.75, 3.05) is 13.2 Å². The molecule has 0 saturated heterocycles. The van der Waals surface area contributed by atoms with Gasteiger partial charge in [0.05, 0.1) is 0 Å². The van der Waals surface area contributed by atoms with Crippen molar-refractivity contribution in [1.29, 1.82) is 0 Å². The summed E-state index contributed by atoms with van der Waals surface area (Å²) in [5, 5.41) is 0. The maximum Gasteiger partial charge on any atom is 0.306 e. The van der Waals surface area contributed by atoms with Crippen molar-refractivity contribution in [3.05, 3.63) is 0 Å². The van der Waals surface area contributed by atoms with Gasteiger partial charge in [-0.3, -0.25) is 14.4 Å². The quantitative estimate of drug-likeness (QED) is 0.0343. The molecule has 0 aliphatic heterocycles. The molecule has 0 N–H and O–H groups in total. The number of unbranched alkanes of at least 4 members (excludes halogenated alkanes) is 38. The molecule has 0 amide bonds. The summed E-state index contributed by atoms with van der Waals surface area (Å²) >= 11 is 0. The molecule has 0 aromatic carbocycles. The Morgan fingerprint density at radius 3 is 0.864 bits per heavy atom. The Hall–Kier alpha value is -1.59. The van der Waals surface area contributed by atoms with E-state index in [1.165, 1.54) is 225 Å². The van der Waals surface area contributed by atoms with Crippen LogP contribution in [-0.2, 0) is 28.6 Å². The highest BCUT2D eigenvalue weighted by molar-refractivity contribution is 5.71. The summed E-state index contributed by atoms with van der Waals surface area (Å²) < 4.78 is 16.9. The first-order chi connectivity index (χ1) is 32.3. The average molecular weight is 934 g/mol. The molecular weight excluding hydrogens is 817 g/mol. The minimum Gasteiger partial charge on any atom is -0.462 e. The van der Waals surface area contributed by atoms with Crippen LogP contribution < -0.4 is 0 Å². The average Bonchev–Trinajstić information content (AvgIpc) is 3.30. The van der Waals surface area contributed by atoms with Crippen LogP contribution in [0.25, 0.3) is 0 Å². The minimum atomic E-state index is -0.763. The van der Waals surface area contributed by atoms with E-state index in [2.05, 4.69) is 34.6 Å².